The largest absolute Gasteiger partial charge is 0.466 e. The summed E-state index contributed by atoms with van der Waals surface area (Å²) in [7, 11) is 0. The minimum absolute atomic E-state index is 0.0307. The first-order valence-electron chi connectivity index (χ1n) is 12.9. The Hall–Kier alpha value is -1.93. The third kappa shape index (κ3) is 4.06. The van der Waals surface area contributed by atoms with Gasteiger partial charge in [0.2, 0.25) is 11.8 Å². The first-order chi connectivity index (χ1) is 16.2. The van der Waals surface area contributed by atoms with E-state index in [1.165, 1.54) is 0 Å². The molecule has 8 heteroatoms. The van der Waals surface area contributed by atoms with Gasteiger partial charge in [-0.25, -0.2) is 0 Å². The maximum atomic E-state index is 14.2. The molecule has 0 saturated carbocycles. The maximum absolute atomic E-state index is 14.2. The van der Waals surface area contributed by atoms with Crippen molar-refractivity contribution >= 4 is 17.8 Å². The van der Waals surface area contributed by atoms with Crippen LogP contribution in [0.4, 0.5) is 0 Å². The van der Waals surface area contributed by atoms with Gasteiger partial charge in [-0.3, -0.25) is 14.4 Å². The number of hydrogen-bond acceptors (Lipinski definition) is 6. The minimum Gasteiger partial charge on any atom is -0.466 e. The number of aliphatic hydroxyl groups is 1. The fraction of sp³-hybridized carbons (Fsp3) is 0.808. The van der Waals surface area contributed by atoms with Gasteiger partial charge in [0.05, 0.1) is 30.8 Å². The van der Waals surface area contributed by atoms with Crippen molar-refractivity contribution in [3.63, 3.8) is 0 Å². The first-order valence-corrected chi connectivity index (χ1v) is 12.9. The van der Waals surface area contributed by atoms with Gasteiger partial charge < -0.3 is 24.4 Å². The Balaban J connectivity index is 2.13. The highest BCUT2D eigenvalue weighted by Crippen LogP contribution is 2.64. The number of carbonyl (C=O) groups excluding carboxylic acids is 3. The summed E-state index contributed by atoms with van der Waals surface area (Å²) in [4.78, 5) is 44.7. The van der Waals surface area contributed by atoms with Crippen molar-refractivity contribution in [2.75, 3.05) is 26.3 Å². The second-order valence-electron chi connectivity index (χ2n) is 10.3. The molecule has 7 atom stereocenters. The van der Waals surface area contributed by atoms with Gasteiger partial charge in [-0.15, -0.1) is 6.58 Å². The van der Waals surface area contributed by atoms with Gasteiger partial charge >= 0.3 is 5.97 Å². The molecule has 8 nitrogen and oxygen atoms in total. The van der Waals surface area contributed by atoms with Gasteiger partial charge in [0.25, 0.3) is 0 Å². The quantitative estimate of drug-likeness (QED) is 0.342. The Kier molecular flexibility index (Phi) is 8.13. The average Bonchev–Trinajstić information content (AvgIpc) is 3.38. The van der Waals surface area contributed by atoms with Gasteiger partial charge in [-0.05, 0) is 39.0 Å². The van der Waals surface area contributed by atoms with E-state index >= 15 is 0 Å². The van der Waals surface area contributed by atoms with Crippen LogP contribution in [0.15, 0.2) is 12.7 Å². The third-order valence-corrected chi connectivity index (χ3v) is 8.28. The van der Waals surface area contributed by atoms with Gasteiger partial charge in [0.15, 0.2) is 0 Å². The van der Waals surface area contributed by atoms with E-state index in [-0.39, 0.29) is 30.9 Å². The topological polar surface area (TPSA) is 96.4 Å². The van der Waals surface area contributed by atoms with Crippen LogP contribution in [-0.2, 0) is 23.9 Å². The van der Waals surface area contributed by atoms with Crippen LogP contribution in [-0.4, -0.2) is 82.3 Å². The third-order valence-electron chi connectivity index (χ3n) is 8.28. The lowest BCUT2D eigenvalue weighted by atomic mass is 9.66. The Bertz CT molecular complexity index is 802. The van der Waals surface area contributed by atoms with Gasteiger partial charge in [-0.1, -0.05) is 39.7 Å². The molecule has 0 aliphatic carbocycles. The van der Waals surface area contributed by atoms with E-state index < -0.39 is 41.1 Å². The van der Waals surface area contributed by atoms with Gasteiger partial charge in [0, 0.05) is 13.1 Å². The van der Waals surface area contributed by atoms with Gasteiger partial charge in [-0.2, -0.15) is 0 Å². The van der Waals surface area contributed by atoms with Crippen molar-refractivity contribution in [3.8, 4) is 0 Å². The molecule has 192 valence electrons. The summed E-state index contributed by atoms with van der Waals surface area (Å²) in [5.74, 6) is -2.52. The van der Waals surface area contributed by atoms with Crippen molar-refractivity contribution in [3.05, 3.63) is 12.7 Å². The Labute approximate surface area is 203 Å². The highest BCUT2D eigenvalue weighted by molar-refractivity contribution is 5.98. The van der Waals surface area contributed by atoms with Crippen LogP contribution in [0.5, 0.6) is 0 Å². The van der Waals surface area contributed by atoms with Crippen molar-refractivity contribution < 1.29 is 29.0 Å². The van der Waals surface area contributed by atoms with Crippen molar-refractivity contribution in [2.24, 2.45) is 17.8 Å². The second-order valence-corrected chi connectivity index (χ2v) is 10.3. The number of fused-ring (bicyclic) bond motifs is 1. The smallest absolute Gasteiger partial charge is 0.312 e. The average molecular weight is 479 g/mol. The molecular formula is C26H42N2O6. The number of rotatable bonds is 12. The summed E-state index contributed by atoms with van der Waals surface area (Å²) >= 11 is 0. The summed E-state index contributed by atoms with van der Waals surface area (Å²) in [5, 5.41) is 10.4. The fourth-order valence-electron chi connectivity index (χ4n) is 6.37. The number of likely N-dealkylation sites (tertiary alicyclic amines) is 1. The highest BCUT2D eigenvalue weighted by atomic mass is 16.6. The number of esters is 1. The van der Waals surface area contributed by atoms with Crippen LogP contribution < -0.4 is 0 Å². The number of amides is 2. The van der Waals surface area contributed by atoms with Crippen LogP contribution in [0.25, 0.3) is 0 Å². The molecule has 3 aliphatic heterocycles. The molecule has 0 aromatic rings. The summed E-state index contributed by atoms with van der Waals surface area (Å²) in [6.45, 7) is 14.3. The lowest BCUT2D eigenvalue weighted by Crippen LogP contribution is -2.60. The standard InChI is InChI=1S/C26H42N2O6/c1-7-11-15-27(14-8-2)23(31)21-26-13-12-25(6,34-26)20(24(32)33-10-4)19(26)22(30)28(21)18(16-29)17(5)9-3/h8,17-21,29H,2,7,9-16H2,1,3-6H3/t17-,18-,19-,20+,21?,25-,26?/m0/s1. The molecule has 0 aromatic heterocycles. The minimum atomic E-state index is -1.10. The van der Waals surface area contributed by atoms with Crippen LogP contribution in [0.2, 0.25) is 0 Å². The number of hydrogen-bond donors (Lipinski definition) is 1. The monoisotopic (exact) mass is 478 g/mol. The Morgan fingerprint density at radius 1 is 1.35 bits per heavy atom. The van der Waals surface area contributed by atoms with Crippen LogP contribution in [0, 0.1) is 17.8 Å². The van der Waals surface area contributed by atoms with E-state index in [1.807, 2.05) is 20.8 Å². The molecule has 3 fully saturated rings. The molecule has 0 aromatic carbocycles. The van der Waals surface area contributed by atoms with E-state index in [9.17, 15) is 19.5 Å². The number of unbranched alkanes of at least 4 members (excludes halogenated alkanes) is 1. The van der Waals surface area contributed by atoms with Crippen LogP contribution in [0.1, 0.15) is 66.7 Å². The molecule has 2 unspecified atom stereocenters. The molecule has 2 amide bonds. The zero-order valence-corrected chi connectivity index (χ0v) is 21.4. The molecule has 0 radical (unpaired) electrons. The molecule has 1 spiro atoms. The molecule has 3 aliphatic rings. The number of ether oxygens (including phenoxy) is 2. The predicted molar refractivity (Wildman–Crippen MR) is 128 cm³/mol. The molecule has 3 heterocycles. The van der Waals surface area contributed by atoms with Crippen LogP contribution >= 0.6 is 0 Å². The second kappa shape index (κ2) is 10.4. The molecule has 3 saturated heterocycles. The lowest BCUT2D eigenvalue weighted by Gasteiger charge is -2.41. The predicted octanol–water partition coefficient (Wildman–Crippen LogP) is 2.54. The fourth-order valence-corrected chi connectivity index (χ4v) is 6.37. The molecule has 2 bridgehead atoms. The summed E-state index contributed by atoms with van der Waals surface area (Å²) in [6.07, 6.45) is 5.26. The number of carbonyl (C=O) groups is 3. The lowest BCUT2D eigenvalue weighted by molar-refractivity contribution is -0.162. The molecular weight excluding hydrogens is 436 g/mol. The van der Waals surface area contributed by atoms with Crippen molar-refractivity contribution in [2.45, 2.75) is 90.0 Å². The summed E-state index contributed by atoms with van der Waals surface area (Å²) in [5.41, 5.74) is -1.96. The van der Waals surface area contributed by atoms with Crippen molar-refractivity contribution in [1.29, 1.82) is 0 Å². The molecule has 34 heavy (non-hydrogen) atoms. The maximum Gasteiger partial charge on any atom is 0.312 e. The summed E-state index contributed by atoms with van der Waals surface area (Å²) in [6, 6.07) is -1.43. The van der Waals surface area contributed by atoms with Crippen molar-refractivity contribution in [1.82, 2.24) is 9.80 Å². The first kappa shape index (κ1) is 26.7. The molecule has 3 rings (SSSR count). The number of nitrogens with zero attached hydrogens (tertiary/aromatic N) is 2. The normalized spacial score (nSPS) is 33.5. The zero-order chi connectivity index (χ0) is 25.3. The molecule has 1 N–H and O–H groups in total. The number of aliphatic hydroxyl groups excluding tert-OH is 1. The van der Waals surface area contributed by atoms with Crippen LogP contribution in [0.3, 0.4) is 0 Å². The van der Waals surface area contributed by atoms with Gasteiger partial charge in [0.1, 0.15) is 17.6 Å². The van der Waals surface area contributed by atoms with E-state index in [4.69, 9.17) is 9.47 Å². The Morgan fingerprint density at radius 2 is 2.06 bits per heavy atom. The summed E-state index contributed by atoms with van der Waals surface area (Å²) < 4.78 is 12.0. The van der Waals surface area contributed by atoms with E-state index in [0.717, 1.165) is 19.3 Å². The Morgan fingerprint density at radius 3 is 2.62 bits per heavy atom. The van der Waals surface area contributed by atoms with E-state index in [0.29, 0.717) is 25.9 Å². The SMILES string of the molecule is C=CCN(CCCC)C(=O)C1N([C@@H](CO)[C@@H](C)CC)C(=O)[C@@H]2[C@H](C(=O)OCC)[C@]3(C)CCC12O3. The zero-order valence-electron chi connectivity index (χ0n) is 21.4. The van der Waals surface area contributed by atoms with E-state index in [1.54, 1.807) is 22.8 Å². The highest BCUT2D eigenvalue weighted by Gasteiger charge is 2.79. The van der Waals surface area contributed by atoms with E-state index in [2.05, 4.69) is 13.5 Å².